The highest BCUT2D eigenvalue weighted by Crippen LogP contribution is 2.50. The molecule has 0 amide bonds. The van der Waals surface area contributed by atoms with Crippen LogP contribution >= 0.6 is 6.72 Å². The number of nitrogens with one attached hydrogen (secondary N) is 1. The van der Waals surface area contributed by atoms with Gasteiger partial charge in [-0.05, 0) is 11.8 Å². The maximum Gasteiger partial charge on any atom is 0.325 e. The van der Waals surface area contributed by atoms with Crippen molar-refractivity contribution in [3.05, 3.63) is 29.3 Å². The highest BCUT2D eigenvalue weighted by atomic mass is 32.5. The largest absolute Gasteiger partial charge is 0.394 e. The number of nitrogens with zero attached hydrogens (tertiary/aromatic N) is 7. The van der Waals surface area contributed by atoms with Gasteiger partial charge in [-0.15, -0.1) is 0 Å². The van der Waals surface area contributed by atoms with Crippen LogP contribution in [0.4, 0.5) is 20.5 Å². The number of anilines is 2. The average Bonchev–Trinajstić information content (AvgIpc) is 3.71. The van der Waals surface area contributed by atoms with Gasteiger partial charge in [0.2, 0.25) is 5.95 Å². The van der Waals surface area contributed by atoms with E-state index < -0.39 is 68.1 Å². The molecule has 2 saturated heterocycles. The minimum atomic E-state index is -4.22. The minimum absolute atomic E-state index is 0.0691. The van der Waals surface area contributed by atoms with Crippen molar-refractivity contribution in [2.75, 3.05) is 24.7 Å². The number of nitrogens with two attached hydrogens (primary N) is 2. The molecule has 1 unspecified atom stereocenters. The second kappa shape index (κ2) is 11.3. The molecule has 4 aromatic heterocycles. The molecule has 4 aromatic rings. The molecule has 18 nitrogen and oxygen atoms in total. The first kappa shape index (κ1) is 29.8. The summed E-state index contributed by atoms with van der Waals surface area (Å²) in [7, 11) is 0. The molecular weight excluding hydrogens is 621 g/mol. The number of hydrogen-bond donors (Lipinski definition) is 6. The molecule has 0 aliphatic carbocycles. The van der Waals surface area contributed by atoms with E-state index in [1.54, 1.807) is 0 Å². The summed E-state index contributed by atoms with van der Waals surface area (Å²) >= 11 is 5.08. The minimum Gasteiger partial charge on any atom is -0.394 e. The predicted octanol–water partition coefficient (Wildman–Crippen LogP) is -1.04. The number of aromatic nitrogens is 8. The molecule has 0 spiro atoms. The zero-order valence-corrected chi connectivity index (χ0v) is 23.5. The first-order valence-electron chi connectivity index (χ1n) is 12.7. The number of ether oxygens (including phenoxy) is 2. The molecule has 0 bridgehead atoms. The zero-order valence-electron chi connectivity index (χ0n) is 21.8. The van der Waals surface area contributed by atoms with Gasteiger partial charge in [-0.1, -0.05) is 0 Å². The highest BCUT2D eigenvalue weighted by molar-refractivity contribution is 8.07. The van der Waals surface area contributed by atoms with Gasteiger partial charge in [0.1, 0.15) is 30.2 Å². The van der Waals surface area contributed by atoms with E-state index in [2.05, 4.69) is 29.9 Å². The van der Waals surface area contributed by atoms with Crippen molar-refractivity contribution < 1.29 is 42.4 Å². The summed E-state index contributed by atoms with van der Waals surface area (Å²) in [5.41, 5.74) is 11.0. The van der Waals surface area contributed by atoms with Crippen LogP contribution in [0.5, 0.6) is 0 Å². The van der Waals surface area contributed by atoms with Crippen LogP contribution in [0.2, 0.25) is 0 Å². The van der Waals surface area contributed by atoms with E-state index in [9.17, 15) is 19.9 Å². The number of fused-ring (bicyclic) bond motifs is 2. The molecule has 0 aromatic carbocycles. The van der Waals surface area contributed by atoms with Crippen LogP contribution < -0.4 is 17.0 Å². The Labute approximate surface area is 243 Å². The maximum atomic E-state index is 15.3. The van der Waals surface area contributed by atoms with E-state index in [4.69, 9.17) is 41.8 Å². The molecule has 232 valence electrons. The molecule has 43 heavy (non-hydrogen) atoms. The van der Waals surface area contributed by atoms with Crippen molar-refractivity contribution in [1.29, 1.82) is 0 Å². The molecule has 2 fully saturated rings. The Balaban J connectivity index is 1.13. The van der Waals surface area contributed by atoms with E-state index in [0.29, 0.717) is 0 Å². The lowest BCUT2D eigenvalue weighted by molar-refractivity contribution is -0.0488. The van der Waals surface area contributed by atoms with E-state index in [-0.39, 0.29) is 47.1 Å². The molecule has 8 N–H and O–H groups in total. The third-order valence-electron chi connectivity index (χ3n) is 7.04. The average molecular weight is 647 g/mol. The van der Waals surface area contributed by atoms with Gasteiger partial charge in [-0.25, -0.2) is 28.7 Å². The number of aromatic amines is 1. The summed E-state index contributed by atoms with van der Waals surface area (Å²) in [5, 5.41) is 20.1. The van der Waals surface area contributed by atoms with Crippen molar-refractivity contribution in [1.82, 2.24) is 39.0 Å². The number of alkyl halides is 2. The van der Waals surface area contributed by atoms with Gasteiger partial charge in [0.05, 0.1) is 32.0 Å². The fraction of sp³-hybridized carbons (Fsp3) is 0.524. The number of rotatable bonds is 9. The summed E-state index contributed by atoms with van der Waals surface area (Å²) in [5.74, 6) is -0.157. The second-order valence-corrected chi connectivity index (χ2v) is 12.5. The number of H-pyrrole nitrogens is 1. The summed E-state index contributed by atoms with van der Waals surface area (Å²) < 4.78 is 54.9. The summed E-state index contributed by atoms with van der Waals surface area (Å²) in [6.45, 7) is -5.35. The lowest BCUT2D eigenvalue weighted by Crippen LogP contribution is -2.32. The van der Waals surface area contributed by atoms with Crippen LogP contribution in [0.15, 0.2) is 23.8 Å². The van der Waals surface area contributed by atoms with Gasteiger partial charge in [0.25, 0.3) is 5.56 Å². The standard InChI is InChI=1S/C21H25F2N10O8PS/c22-9-8(3-34)40-20(33-6-29-12-17(33)30-21(25)31-18(12)36)14(9)41-42(37,43)38-2-1-7-13(35)10(23)19(39-7)32-5-28-11-15(24)26-4-27-16(11)32/h4-10,13-14,19-20,34-35H,1-3H2,(H,37,43)(H2,24,26,27)(H3,25,30,31,36)/t7-,8-,9-,10+,13-,14-,19-,20-,42?/m1/s1. The Bertz CT molecular complexity index is 1760. The quantitative estimate of drug-likeness (QED) is 0.119. The van der Waals surface area contributed by atoms with E-state index in [1.165, 1.54) is 17.2 Å². The number of nitrogen functional groups attached to an aromatic ring is 2. The maximum absolute atomic E-state index is 15.3. The van der Waals surface area contributed by atoms with Crippen LogP contribution in [-0.2, 0) is 30.3 Å². The predicted molar refractivity (Wildman–Crippen MR) is 145 cm³/mol. The first-order chi connectivity index (χ1) is 20.5. The fourth-order valence-electron chi connectivity index (χ4n) is 5.00. The molecule has 0 radical (unpaired) electrons. The van der Waals surface area contributed by atoms with Gasteiger partial charge in [-0.3, -0.25) is 23.4 Å². The smallest absolute Gasteiger partial charge is 0.325 e. The Kier molecular flexibility index (Phi) is 7.85. The van der Waals surface area contributed by atoms with E-state index in [1.807, 2.05) is 0 Å². The highest BCUT2D eigenvalue weighted by Gasteiger charge is 2.50. The number of halogens is 2. The zero-order chi connectivity index (χ0) is 30.6. The lowest BCUT2D eigenvalue weighted by Gasteiger charge is -2.25. The number of imidazole rings is 2. The van der Waals surface area contributed by atoms with Crippen LogP contribution in [-0.4, -0.2) is 104 Å². The van der Waals surface area contributed by atoms with Gasteiger partial charge in [0.15, 0.2) is 47.4 Å². The van der Waals surface area contributed by atoms with Gasteiger partial charge in [-0.2, -0.15) is 4.98 Å². The van der Waals surface area contributed by atoms with Crippen molar-refractivity contribution in [3.8, 4) is 0 Å². The first-order valence-corrected chi connectivity index (χ1v) is 15.3. The molecular formula is C21H25F2N10O8PS. The van der Waals surface area contributed by atoms with Gasteiger partial charge < -0.3 is 40.6 Å². The van der Waals surface area contributed by atoms with Crippen molar-refractivity contribution in [2.45, 2.75) is 55.6 Å². The Hall–Kier alpha value is -3.27. The molecule has 9 atom stereocenters. The van der Waals surface area contributed by atoms with Crippen molar-refractivity contribution >= 4 is 52.6 Å². The van der Waals surface area contributed by atoms with E-state index >= 15 is 8.78 Å². The number of hydrogen-bond acceptors (Lipinski definition) is 15. The molecule has 6 rings (SSSR count). The summed E-state index contributed by atoms with van der Waals surface area (Å²) in [6.07, 6.45) is -8.86. The Morgan fingerprint density at radius 3 is 2.49 bits per heavy atom. The Morgan fingerprint density at radius 2 is 1.74 bits per heavy atom. The molecule has 2 aliphatic rings. The molecule has 2 aliphatic heterocycles. The second-order valence-electron chi connectivity index (χ2n) is 9.71. The number of aliphatic hydroxyl groups is 2. The lowest BCUT2D eigenvalue weighted by atomic mass is 10.1. The Morgan fingerprint density at radius 1 is 1.05 bits per heavy atom. The van der Waals surface area contributed by atoms with E-state index in [0.717, 1.165) is 10.9 Å². The third-order valence-corrected chi connectivity index (χ3v) is 8.63. The normalized spacial score (nSPS) is 30.8. The molecule has 22 heteroatoms. The van der Waals surface area contributed by atoms with Crippen LogP contribution in [0.3, 0.4) is 0 Å². The molecule has 6 heterocycles. The monoisotopic (exact) mass is 646 g/mol. The third kappa shape index (κ3) is 5.36. The van der Waals surface area contributed by atoms with Gasteiger partial charge in [0, 0.05) is 6.42 Å². The van der Waals surface area contributed by atoms with Crippen LogP contribution in [0, 0.1) is 0 Å². The van der Waals surface area contributed by atoms with Gasteiger partial charge >= 0.3 is 6.72 Å². The number of aliphatic hydroxyl groups excluding tert-OH is 2. The summed E-state index contributed by atoms with van der Waals surface area (Å²) in [6, 6.07) is 0. The van der Waals surface area contributed by atoms with Crippen molar-refractivity contribution in [2.24, 2.45) is 0 Å². The van der Waals surface area contributed by atoms with Crippen LogP contribution in [0.25, 0.3) is 22.3 Å². The van der Waals surface area contributed by atoms with Crippen LogP contribution in [0.1, 0.15) is 18.9 Å². The fourth-order valence-corrected chi connectivity index (χ4v) is 6.45. The summed E-state index contributed by atoms with van der Waals surface area (Å²) in [4.78, 5) is 45.1. The topological polar surface area (TPSA) is 257 Å². The van der Waals surface area contributed by atoms with Crippen molar-refractivity contribution in [3.63, 3.8) is 0 Å². The SMILES string of the molecule is Nc1nc2c(ncn2[C@@H]2O[C@H](CO)[C@@H](F)[C@H]2OP(O)(=S)OCC[C@H]2O[C@@H](n3cnc4c(N)ncnc43)[C@@H](F)[C@@H]2O)c(=O)[nH]1. The molecule has 0 saturated carbocycles.